The Balaban J connectivity index is 2.33. The van der Waals surface area contributed by atoms with Crippen LogP contribution in [0.25, 0.3) is 0 Å². The molecule has 0 saturated heterocycles. The average molecular weight is 393 g/mol. The van der Waals surface area contributed by atoms with Gasteiger partial charge in [0.15, 0.2) is 0 Å². The van der Waals surface area contributed by atoms with Crippen LogP contribution in [0.15, 0.2) is 36.5 Å². The lowest BCUT2D eigenvalue weighted by molar-refractivity contribution is -0.137. The lowest BCUT2D eigenvalue weighted by Gasteiger charge is -2.30. The molecule has 4 nitrogen and oxygen atoms in total. The number of rotatable bonds is 15. The number of hydrogen-bond donors (Lipinski definition) is 3. The van der Waals surface area contributed by atoms with E-state index in [1.54, 1.807) is 0 Å². The van der Waals surface area contributed by atoms with Gasteiger partial charge in [-0.15, -0.1) is 0 Å². The SMILES string of the molecule is CCCCCCCCC(O)/C=C/C=C/[C@H]1CC=CC[C@H]1C(O)CCCC(=O)O. The van der Waals surface area contributed by atoms with Crippen molar-refractivity contribution in [3.63, 3.8) is 0 Å². The van der Waals surface area contributed by atoms with Crippen LogP contribution in [0.2, 0.25) is 0 Å². The Bertz CT molecular complexity index is 495. The molecule has 0 amide bonds. The lowest BCUT2D eigenvalue weighted by atomic mass is 9.78. The predicted molar refractivity (Wildman–Crippen MR) is 115 cm³/mol. The third-order valence-electron chi connectivity index (χ3n) is 5.57. The first-order chi connectivity index (χ1) is 13.5. The maximum absolute atomic E-state index is 10.6. The van der Waals surface area contributed by atoms with Gasteiger partial charge in [0.25, 0.3) is 0 Å². The molecule has 0 bridgehead atoms. The summed E-state index contributed by atoms with van der Waals surface area (Å²) in [7, 11) is 0. The standard InChI is InChI=1S/C24H40O4/c1-2-3-4-5-6-7-15-21(25)16-10-8-13-20-14-9-11-17-22(20)23(26)18-12-19-24(27)28/h8-11,13,16,20-23,25-26H,2-7,12,14-15,17-19H2,1H3,(H,27,28)/b13-8+,16-10+/t20-,21?,22+,23?/m0/s1. The third-order valence-corrected chi connectivity index (χ3v) is 5.57. The summed E-state index contributed by atoms with van der Waals surface area (Å²) in [6.45, 7) is 2.22. The fraction of sp³-hybridized carbons (Fsp3) is 0.708. The van der Waals surface area contributed by atoms with Gasteiger partial charge < -0.3 is 15.3 Å². The fourth-order valence-corrected chi connectivity index (χ4v) is 3.83. The molecule has 1 aliphatic rings. The highest BCUT2D eigenvalue weighted by Crippen LogP contribution is 2.31. The largest absolute Gasteiger partial charge is 0.481 e. The fourth-order valence-electron chi connectivity index (χ4n) is 3.83. The van der Waals surface area contributed by atoms with E-state index >= 15 is 0 Å². The summed E-state index contributed by atoms with van der Waals surface area (Å²) in [4.78, 5) is 10.6. The van der Waals surface area contributed by atoms with Gasteiger partial charge in [-0.25, -0.2) is 0 Å². The summed E-state index contributed by atoms with van der Waals surface area (Å²) in [6, 6.07) is 0. The zero-order valence-electron chi connectivity index (χ0n) is 17.5. The molecule has 28 heavy (non-hydrogen) atoms. The van der Waals surface area contributed by atoms with Gasteiger partial charge in [0.05, 0.1) is 12.2 Å². The Morgan fingerprint density at radius 3 is 2.46 bits per heavy atom. The van der Waals surface area contributed by atoms with E-state index in [-0.39, 0.29) is 24.4 Å². The first-order valence-electron chi connectivity index (χ1n) is 11.1. The van der Waals surface area contributed by atoms with Crippen LogP contribution < -0.4 is 0 Å². The second-order valence-corrected chi connectivity index (χ2v) is 8.02. The van der Waals surface area contributed by atoms with Crippen molar-refractivity contribution in [2.24, 2.45) is 11.8 Å². The molecule has 4 atom stereocenters. The summed E-state index contributed by atoms with van der Waals surface area (Å²) in [5.41, 5.74) is 0. The van der Waals surface area contributed by atoms with E-state index in [2.05, 4.69) is 25.2 Å². The van der Waals surface area contributed by atoms with E-state index in [9.17, 15) is 15.0 Å². The van der Waals surface area contributed by atoms with E-state index in [1.165, 1.54) is 32.1 Å². The second-order valence-electron chi connectivity index (χ2n) is 8.02. The molecule has 3 N–H and O–H groups in total. The van der Waals surface area contributed by atoms with Crippen molar-refractivity contribution in [3.8, 4) is 0 Å². The molecule has 0 radical (unpaired) electrons. The highest BCUT2D eigenvalue weighted by Gasteiger charge is 2.26. The molecule has 0 fully saturated rings. The van der Waals surface area contributed by atoms with Gasteiger partial charge in [-0.2, -0.15) is 0 Å². The summed E-state index contributed by atoms with van der Waals surface area (Å²) < 4.78 is 0. The van der Waals surface area contributed by atoms with Crippen LogP contribution in [0, 0.1) is 11.8 Å². The van der Waals surface area contributed by atoms with E-state index in [0.717, 1.165) is 25.7 Å². The number of allylic oxidation sites excluding steroid dienone is 5. The zero-order valence-corrected chi connectivity index (χ0v) is 17.5. The monoisotopic (exact) mass is 392 g/mol. The molecule has 1 rings (SSSR count). The number of carboxylic acid groups (broad SMARTS) is 1. The number of carboxylic acids is 1. The van der Waals surface area contributed by atoms with Crippen LogP contribution in [-0.4, -0.2) is 33.5 Å². The van der Waals surface area contributed by atoms with Gasteiger partial charge in [-0.05, 0) is 43.9 Å². The Morgan fingerprint density at radius 1 is 1.00 bits per heavy atom. The van der Waals surface area contributed by atoms with Crippen molar-refractivity contribution in [2.75, 3.05) is 0 Å². The second kappa shape index (κ2) is 15.5. The molecular weight excluding hydrogens is 352 g/mol. The number of carbonyl (C=O) groups is 1. The average Bonchev–Trinajstić information content (AvgIpc) is 2.68. The molecule has 0 spiro atoms. The molecule has 1 aliphatic carbocycles. The van der Waals surface area contributed by atoms with Gasteiger partial charge in [0.2, 0.25) is 0 Å². The van der Waals surface area contributed by atoms with Crippen molar-refractivity contribution < 1.29 is 20.1 Å². The molecule has 160 valence electrons. The highest BCUT2D eigenvalue weighted by molar-refractivity contribution is 5.66. The van der Waals surface area contributed by atoms with E-state index in [4.69, 9.17) is 5.11 Å². The molecular formula is C24H40O4. The molecule has 0 aliphatic heterocycles. The summed E-state index contributed by atoms with van der Waals surface area (Å²) in [6.07, 6.45) is 22.3. The summed E-state index contributed by atoms with van der Waals surface area (Å²) in [5.74, 6) is -0.418. The first kappa shape index (κ1) is 24.6. The molecule has 4 heteroatoms. The molecule has 0 aromatic rings. The zero-order chi connectivity index (χ0) is 20.6. The Hall–Kier alpha value is -1.39. The maximum atomic E-state index is 10.6. The molecule has 0 aromatic heterocycles. The van der Waals surface area contributed by atoms with Gasteiger partial charge >= 0.3 is 5.97 Å². The number of aliphatic hydroxyl groups excluding tert-OH is 2. The van der Waals surface area contributed by atoms with Crippen LogP contribution in [0.3, 0.4) is 0 Å². The van der Waals surface area contributed by atoms with Crippen LogP contribution in [0.1, 0.15) is 84.0 Å². The molecule has 0 saturated carbocycles. The van der Waals surface area contributed by atoms with E-state index < -0.39 is 12.1 Å². The molecule has 0 aromatic carbocycles. The summed E-state index contributed by atoms with van der Waals surface area (Å²) >= 11 is 0. The Morgan fingerprint density at radius 2 is 1.71 bits per heavy atom. The quantitative estimate of drug-likeness (QED) is 0.198. The van der Waals surface area contributed by atoms with Crippen molar-refractivity contribution in [1.82, 2.24) is 0 Å². The van der Waals surface area contributed by atoms with Gasteiger partial charge in [-0.1, -0.05) is 81.9 Å². The first-order valence-corrected chi connectivity index (χ1v) is 11.1. The lowest BCUT2D eigenvalue weighted by Crippen LogP contribution is -2.28. The predicted octanol–water partition coefficient (Wildman–Crippen LogP) is 5.41. The molecule has 2 unspecified atom stereocenters. The van der Waals surface area contributed by atoms with Crippen LogP contribution >= 0.6 is 0 Å². The minimum absolute atomic E-state index is 0.110. The van der Waals surface area contributed by atoms with Crippen molar-refractivity contribution in [3.05, 3.63) is 36.5 Å². The Kier molecular flexibility index (Phi) is 13.7. The van der Waals surface area contributed by atoms with Crippen LogP contribution in [-0.2, 0) is 4.79 Å². The van der Waals surface area contributed by atoms with E-state index in [1.807, 2.05) is 18.2 Å². The van der Waals surface area contributed by atoms with Crippen molar-refractivity contribution in [2.45, 2.75) is 96.2 Å². The number of hydrogen-bond acceptors (Lipinski definition) is 3. The topological polar surface area (TPSA) is 77.8 Å². The van der Waals surface area contributed by atoms with Gasteiger partial charge in [0.1, 0.15) is 0 Å². The van der Waals surface area contributed by atoms with Crippen molar-refractivity contribution >= 4 is 5.97 Å². The minimum Gasteiger partial charge on any atom is -0.481 e. The third kappa shape index (κ3) is 11.5. The number of aliphatic carboxylic acids is 1. The maximum Gasteiger partial charge on any atom is 0.303 e. The van der Waals surface area contributed by atoms with Gasteiger partial charge in [-0.3, -0.25) is 4.79 Å². The molecule has 0 heterocycles. The van der Waals surface area contributed by atoms with Gasteiger partial charge in [0, 0.05) is 6.42 Å². The van der Waals surface area contributed by atoms with E-state index in [0.29, 0.717) is 12.8 Å². The summed E-state index contributed by atoms with van der Waals surface area (Å²) in [5, 5.41) is 29.3. The highest BCUT2D eigenvalue weighted by atomic mass is 16.4. The van der Waals surface area contributed by atoms with Crippen LogP contribution in [0.5, 0.6) is 0 Å². The normalized spacial score (nSPS) is 22.1. The smallest absolute Gasteiger partial charge is 0.303 e. The number of unbranched alkanes of at least 4 members (excludes halogenated alkanes) is 5. The number of aliphatic hydroxyl groups is 2. The van der Waals surface area contributed by atoms with Crippen LogP contribution in [0.4, 0.5) is 0 Å². The minimum atomic E-state index is -0.808. The van der Waals surface area contributed by atoms with Crippen molar-refractivity contribution in [1.29, 1.82) is 0 Å². The Labute approximate surface area is 171 Å².